The summed E-state index contributed by atoms with van der Waals surface area (Å²) in [5.74, 6) is -0.843. The minimum Gasteiger partial charge on any atom is -0.480 e. The molecule has 2 N–H and O–H groups in total. The van der Waals surface area contributed by atoms with E-state index in [4.69, 9.17) is 9.84 Å². The first kappa shape index (κ1) is 12.7. The summed E-state index contributed by atoms with van der Waals surface area (Å²) in [6, 6.07) is 7.28. The molecule has 1 rings (SSSR count). The number of carboxylic acid groups (broad SMARTS) is 1. The SMILES string of the molecule is COCc1ccccc1CNC(C)C(=O)O. The van der Waals surface area contributed by atoms with Gasteiger partial charge in [-0.1, -0.05) is 24.3 Å². The van der Waals surface area contributed by atoms with Crippen LogP contribution in [0.2, 0.25) is 0 Å². The lowest BCUT2D eigenvalue weighted by Gasteiger charge is -2.12. The molecule has 0 bridgehead atoms. The topological polar surface area (TPSA) is 58.6 Å². The Morgan fingerprint density at radius 1 is 1.44 bits per heavy atom. The van der Waals surface area contributed by atoms with Gasteiger partial charge in [0, 0.05) is 13.7 Å². The predicted octanol–water partition coefficient (Wildman–Crippen LogP) is 1.40. The largest absolute Gasteiger partial charge is 0.480 e. The Kier molecular flexibility index (Phi) is 4.95. The van der Waals surface area contributed by atoms with Crippen LogP contribution in [0.5, 0.6) is 0 Å². The molecule has 16 heavy (non-hydrogen) atoms. The van der Waals surface area contributed by atoms with Crippen molar-refractivity contribution in [1.82, 2.24) is 5.32 Å². The molecule has 0 heterocycles. The van der Waals surface area contributed by atoms with Gasteiger partial charge in [0.25, 0.3) is 0 Å². The standard InChI is InChI=1S/C12H17NO3/c1-9(12(14)15)13-7-10-5-3-4-6-11(10)8-16-2/h3-6,9,13H,7-8H2,1-2H3,(H,14,15). The maximum atomic E-state index is 10.6. The molecule has 0 aliphatic rings. The molecule has 1 aromatic carbocycles. The highest BCUT2D eigenvalue weighted by atomic mass is 16.5. The highest BCUT2D eigenvalue weighted by Gasteiger charge is 2.10. The molecule has 1 unspecified atom stereocenters. The van der Waals surface area contributed by atoms with Crippen molar-refractivity contribution in [1.29, 1.82) is 0 Å². The first-order valence-corrected chi connectivity index (χ1v) is 5.17. The van der Waals surface area contributed by atoms with Gasteiger partial charge < -0.3 is 15.2 Å². The second-order valence-corrected chi connectivity index (χ2v) is 3.64. The second-order valence-electron chi connectivity index (χ2n) is 3.64. The lowest BCUT2D eigenvalue weighted by atomic mass is 10.1. The van der Waals surface area contributed by atoms with E-state index >= 15 is 0 Å². The van der Waals surface area contributed by atoms with Crippen LogP contribution in [0.1, 0.15) is 18.1 Å². The molecule has 0 spiro atoms. The molecule has 0 saturated carbocycles. The zero-order chi connectivity index (χ0) is 12.0. The van der Waals surface area contributed by atoms with Gasteiger partial charge in [0.05, 0.1) is 6.61 Å². The minimum absolute atomic E-state index is 0.535. The lowest BCUT2D eigenvalue weighted by Crippen LogP contribution is -2.33. The van der Waals surface area contributed by atoms with Gasteiger partial charge in [0.1, 0.15) is 6.04 Å². The van der Waals surface area contributed by atoms with Crippen molar-refractivity contribution in [3.05, 3.63) is 35.4 Å². The summed E-state index contributed by atoms with van der Waals surface area (Å²) in [5, 5.41) is 11.7. The maximum absolute atomic E-state index is 10.6. The molecule has 0 aliphatic heterocycles. The fraction of sp³-hybridized carbons (Fsp3) is 0.417. The Labute approximate surface area is 95.2 Å². The van der Waals surface area contributed by atoms with E-state index in [1.54, 1.807) is 14.0 Å². The number of rotatable bonds is 6. The molecule has 0 saturated heterocycles. The fourth-order valence-corrected chi connectivity index (χ4v) is 1.38. The molecule has 0 amide bonds. The molecule has 4 nitrogen and oxygen atoms in total. The van der Waals surface area contributed by atoms with Crippen LogP contribution >= 0.6 is 0 Å². The Morgan fingerprint density at radius 3 is 2.62 bits per heavy atom. The van der Waals surface area contributed by atoms with Crippen LogP contribution in [0.25, 0.3) is 0 Å². The number of aliphatic carboxylic acids is 1. The van der Waals surface area contributed by atoms with E-state index in [2.05, 4.69) is 5.32 Å². The molecule has 0 aromatic heterocycles. The number of carbonyl (C=O) groups is 1. The third kappa shape index (κ3) is 3.64. The van der Waals surface area contributed by atoms with Gasteiger partial charge in [-0.25, -0.2) is 0 Å². The number of benzene rings is 1. The summed E-state index contributed by atoms with van der Waals surface area (Å²) in [6.07, 6.45) is 0. The Bertz CT molecular complexity index is 352. The van der Waals surface area contributed by atoms with E-state index in [0.29, 0.717) is 13.2 Å². The zero-order valence-corrected chi connectivity index (χ0v) is 9.56. The van der Waals surface area contributed by atoms with Crippen molar-refractivity contribution in [2.24, 2.45) is 0 Å². The van der Waals surface area contributed by atoms with E-state index in [0.717, 1.165) is 11.1 Å². The molecule has 4 heteroatoms. The number of methoxy groups -OCH3 is 1. The Hall–Kier alpha value is -1.39. The maximum Gasteiger partial charge on any atom is 0.320 e. The van der Waals surface area contributed by atoms with Crippen molar-refractivity contribution in [3.63, 3.8) is 0 Å². The Morgan fingerprint density at radius 2 is 2.06 bits per heavy atom. The summed E-state index contributed by atoms with van der Waals surface area (Å²) in [4.78, 5) is 10.6. The van der Waals surface area contributed by atoms with Gasteiger partial charge in [-0.15, -0.1) is 0 Å². The number of hydrogen-bond acceptors (Lipinski definition) is 3. The molecule has 1 atom stereocenters. The van der Waals surface area contributed by atoms with Crippen LogP contribution in [0, 0.1) is 0 Å². The van der Waals surface area contributed by atoms with Crippen molar-refractivity contribution >= 4 is 5.97 Å². The highest BCUT2D eigenvalue weighted by molar-refractivity contribution is 5.72. The van der Waals surface area contributed by atoms with Crippen LogP contribution in [-0.2, 0) is 22.7 Å². The number of ether oxygens (including phenoxy) is 1. The average molecular weight is 223 g/mol. The first-order chi connectivity index (χ1) is 7.65. The van der Waals surface area contributed by atoms with Crippen LogP contribution in [0.4, 0.5) is 0 Å². The fourth-order valence-electron chi connectivity index (χ4n) is 1.38. The third-order valence-electron chi connectivity index (χ3n) is 2.39. The van der Waals surface area contributed by atoms with Gasteiger partial charge in [-0.05, 0) is 18.1 Å². The van der Waals surface area contributed by atoms with Gasteiger partial charge in [0.15, 0.2) is 0 Å². The summed E-state index contributed by atoms with van der Waals surface area (Å²) in [6.45, 7) is 2.70. The molecule has 0 radical (unpaired) electrons. The van der Waals surface area contributed by atoms with E-state index in [1.807, 2.05) is 24.3 Å². The van der Waals surface area contributed by atoms with Gasteiger partial charge in [0.2, 0.25) is 0 Å². The van der Waals surface area contributed by atoms with Gasteiger partial charge in [-0.2, -0.15) is 0 Å². The smallest absolute Gasteiger partial charge is 0.320 e. The van der Waals surface area contributed by atoms with Crippen LogP contribution in [0.3, 0.4) is 0 Å². The number of nitrogens with one attached hydrogen (secondary N) is 1. The number of carboxylic acids is 1. The summed E-state index contributed by atoms with van der Waals surface area (Å²) in [7, 11) is 1.64. The van der Waals surface area contributed by atoms with Gasteiger partial charge >= 0.3 is 5.97 Å². The van der Waals surface area contributed by atoms with Crippen molar-refractivity contribution in [2.45, 2.75) is 26.1 Å². The highest BCUT2D eigenvalue weighted by Crippen LogP contribution is 2.09. The van der Waals surface area contributed by atoms with Crippen LogP contribution in [0.15, 0.2) is 24.3 Å². The van der Waals surface area contributed by atoms with Crippen LogP contribution in [-0.4, -0.2) is 24.2 Å². The summed E-state index contributed by atoms with van der Waals surface area (Å²) < 4.78 is 5.08. The first-order valence-electron chi connectivity index (χ1n) is 5.17. The van der Waals surface area contributed by atoms with Gasteiger partial charge in [-0.3, -0.25) is 4.79 Å². The lowest BCUT2D eigenvalue weighted by molar-refractivity contribution is -0.139. The van der Waals surface area contributed by atoms with E-state index in [9.17, 15) is 4.79 Å². The zero-order valence-electron chi connectivity index (χ0n) is 9.56. The molecule has 1 aromatic rings. The monoisotopic (exact) mass is 223 g/mol. The normalized spacial score (nSPS) is 12.4. The third-order valence-corrected chi connectivity index (χ3v) is 2.39. The van der Waals surface area contributed by atoms with E-state index in [-0.39, 0.29) is 0 Å². The van der Waals surface area contributed by atoms with E-state index in [1.165, 1.54) is 0 Å². The van der Waals surface area contributed by atoms with Crippen molar-refractivity contribution in [2.75, 3.05) is 7.11 Å². The quantitative estimate of drug-likeness (QED) is 0.765. The number of hydrogen-bond donors (Lipinski definition) is 2. The molecule has 0 aliphatic carbocycles. The van der Waals surface area contributed by atoms with E-state index < -0.39 is 12.0 Å². The molecular weight excluding hydrogens is 206 g/mol. The summed E-state index contributed by atoms with van der Waals surface area (Å²) >= 11 is 0. The second kappa shape index (κ2) is 6.25. The molecule has 88 valence electrons. The Balaban J connectivity index is 2.62. The minimum atomic E-state index is -0.843. The molecular formula is C12H17NO3. The predicted molar refractivity (Wildman–Crippen MR) is 61.1 cm³/mol. The summed E-state index contributed by atoms with van der Waals surface area (Å²) in [5.41, 5.74) is 2.15. The van der Waals surface area contributed by atoms with Crippen LogP contribution < -0.4 is 5.32 Å². The van der Waals surface area contributed by atoms with Crippen molar-refractivity contribution in [3.8, 4) is 0 Å². The average Bonchev–Trinajstić information content (AvgIpc) is 2.27. The van der Waals surface area contributed by atoms with Crippen molar-refractivity contribution < 1.29 is 14.6 Å². The molecule has 0 fully saturated rings.